The average Bonchev–Trinajstić information content (AvgIpc) is 3.35. The third kappa shape index (κ3) is 5.08. The van der Waals surface area contributed by atoms with E-state index in [4.69, 9.17) is 10.1 Å². The summed E-state index contributed by atoms with van der Waals surface area (Å²) < 4.78 is 2.00. The number of hydrogen-bond acceptors (Lipinski definition) is 7. The number of anilines is 2. The summed E-state index contributed by atoms with van der Waals surface area (Å²) in [4.78, 5) is 28.1. The first-order chi connectivity index (χ1) is 18.1. The van der Waals surface area contributed by atoms with Gasteiger partial charge in [-0.1, -0.05) is 36.3 Å². The molecule has 0 radical (unpaired) electrons. The van der Waals surface area contributed by atoms with Crippen LogP contribution in [0.3, 0.4) is 0 Å². The Bertz CT molecular complexity index is 1210. The van der Waals surface area contributed by atoms with E-state index < -0.39 is 0 Å². The Morgan fingerprint density at radius 2 is 1.54 bits per heavy atom. The number of benzene rings is 1. The van der Waals surface area contributed by atoms with Gasteiger partial charge in [0.2, 0.25) is 16.0 Å². The topological polar surface area (TPSA) is 60.2 Å². The Morgan fingerprint density at radius 3 is 2.19 bits per heavy atom. The number of imidazole rings is 1. The van der Waals surface area contributed by atoms with Gasteiger partial charge in [-0.15, -0.1) is 5.10 Å². The minimum absolute atomic E-state index is 0.148. The second-order valence-electron chi connectivity index (χ2n) is 11.0. The highest BCUT2D eigenvalue weighted by Crippen LogP contribution is 2.33. The molecule has 6 rings (SSSR count). The number of carbonyl (C=O) groups excluding carboxylic acids is 1. The molecule has 3 fully saturated rings. The van der Waals surface area contributed by atoms with Crippen LogP contribution in [0.5, 0.6) is 0 Å². The third-order valence-corrected chi connectivity index (χ3v) is 9.43. The zero-order valence-corrected chi connectivity index (χ0v) is 23.0. The number of carbonyl (C=O) groups is 1. The van der Waals surface area contributed by atoms with E-state index in [2.05, 4.69) is 57.8 Å². The van der Waals surface area contributed by atoms with Crippen molar-refractivity contribution in [3.05, 3.63) is 30.0 Å². The Morgan fingerprint density at radius 1 is 0.865 bits per heavy atom. The minimum Gasteiger partial charge on any atom is -0.372 e. The van der Waals surface area contributed by atoms with Crippen molar-refractivity contribution < 1.29 is 4.79 Å². The zero-order valence-electron chi connectivity index (χ0n) is 22.2. The fourth-order valence-corrected chi connectivity index (χ4v) is 7.00. The van der Waals surface area contributed by atoms with Crippen LogP contribution in [0.15, 0.2) is 24.3 Å². The Kier molecular flexibility index (Phi) is 7.08. The molecule has 3 aliphatic heterocycles. The van der Waals surface area contributed by atoms with Crippen molar-refractivity contribution in [3.8, 4) is 11.3 Å². The first-order valence-corrected chi connectivity index (χ1v) is 14.8. The number of aromatic nitrogens is 3. The lowest BCUT2D eigenvalue weighted by atomic mass is 9.95. The number of aryl methyl sites for hydroxylation is 1. The van der Waals surface area contributed by atoms with Crippen molar-refractivity contribution in [3.63, 3.8) is 0 Å². The predicted octanol–water partition coefficient (Wildman–Crippen LogP) is 4.14. The molecule has 1 aromatic carbocycles. The number of likely N-dealkylation sites (N-methyl/N-ethyl adjacent to an activating group) is 1. The molecule has 2 aromatic heterocycles. The summed E-state index contributed by atoms with van der Waals surface area (Å²) in [5, 5.41) is 5.95. The molecule has 0 aliphatic carbocycles. The first kappa shape index (κ1) is 24.7. The molecule has 0 saturated carbocycles. The van der Waals surface area contributed by atoms with Gasteiger partial charge < -0.3 is 19.6 Å². The molecule has 0 bridgehead atoms. The van der Waals surface area contributed by atoms with Gasteiger partial charge in [0, 0.05) is 69.5 Å². The molecule has 37 heavy (non-hydrogen) atoms. The van der Waals surface area contributed by atoms with E-state index in [1.165, 1.54) is 31.4 Å². The molecule has 0 unspecified atom stereocenters. The average molecular weight is 522 g/mol. The summed E-state index contributed by atoms with van der Waals surface area (Å²) in [6.45, 7) is 9.88. The van der Waals surface area contributed by atoms with Crippen molar-refractivity contribution in [2.24, 2.45) is 5.92 Å². The maximum atomic E-state index is 13.0. The normalized spacial score (nSPS) is 20.5. The van der Waals surface area contributed by atoms with Gasteiger partial charge in [-0.3, -0.25) is 4.79 Å². The summed E-state index contributed by atoms with van der Waals surface area (Å²) >= 11 is 1.66. The number of hydrogen-bond donors (Lipinski definition) is 0. The molecular weight excluding hydrogens is 482 g/mol. The second kappa shape index (κ2) is 10.6. The molecule has 5 heterocycles. The molecule has 9 heteroatoms. The van der Waals surface area contributed by atoms with Crippen LogP contribution >= 0.6 is 11.3 Å². The van der Waals surface area contributed by atoms with Crippen LogP contribution in [0, 0.1) is 12.8 Å². The van der Waals surface area contributed by atoms with Crippen LogP contribution in [0.4, 0.5) is 10.8 Å². The Balaban J connectivity index is 1.11. The number of piperazine rings is 1. The zero-order chi connectivity index (χ0) is 25.4. The van der Waals surface area contributed by atoms with Crippen LogP contribution in [0.1, 0.15) is 44.2 Å². The standard InChI is InChI=1S/C28H39N7OS/c1-21-25(22-7-9-24(10-8-22)32-13-5-3-4-6-14-32)29-27-35(21)30-28(37-27)34-15-11-23(12-16-34)26(36)33-19-17-31(2)18-20-33/h7-10,23H,3-6,11-20H2,1-2H3. The number of piperidine rings is 1. The van der Waals surface area contributed by atoms with Crippen molar-refractivity contribution in [1.29, 1.82) is 0 Å². The lowest BCUT2D eigenvalue weighted by Crippen LogP contribution is -2.50. The molecule has 0 spiro atoms. The van der Waals surface area contributed by atoms with Gasteiger partial charge in [0.15, 0.2) is 0 Å². The van der Waals surface area contributed by atoms with Crippen LogP contribution in [-0.4, -0.2) is 89.7 Å². The summed E-state index contributed by atoms with van der Waals surface area (Å²) in [5.74, 6) is 0.498. The number of amides is 1. The summed E-state index contributed by atoms with van der Waals surface area (Å²) in [6.07, 6.45) is 7.08. The maximum absolute atomic E-state index is 13.0. The lowest BCUT2D eigenvalue weighted by Gasteiger charge is -2.37. The van der Waals surface area contributed by atoms with Crippen molar-refractivity contribution in [1.82, 2.24) is 24.4 Å². The molecular formula is C28H39N7OS. The predicted molar refractivity (Wildman–Crippen MR) is 151 cm³/mol. The highest BCUT2D eigenvalue weighted by atomic mass is 32.1. The fourth-order valence-electron chi connectivity index (χ4n) is 6.00. The smallest absolute Gasteiger partial charge is 0.225 e. The molecule has 3 aromatic rings. The van der Waals surface area contributed by atoms with Crippen LogP contribution in [0.2, 0.25) is 0 Å². The Hall–Kier alpha value is -2.65. The minimum atomic E-state index is 0.148. The van der Waals surface area contributed by atoms with E-state index in [-0.39, 0.29) is 5.92 Å². The summed E-state index contributed by atoms with van der Waals surface area (Å²) in [6, 6.07) is 8.92. The molecule has 3 saturated heterocycles. The molecule has 1 amide bonds. The first-order valence-electron chi connectivity index (χ1n) is 14.0. The second-order valence-corrected chi connectivity index (χ2v) is 11.9. The molecule has 8 nitrogen and oxygen atoms in total. The molecule has 0 atom stereocenters. The van der Waals surface area contributed by atoms with Gasteiger partial charge in [-0.2, -0.15) is 0 Å². The lowest BCUT2D eigenvalue weighted by molar-refractivity contribution is -0.137. The fraction of sp³-hybridized carbons (Fsp3) is 0.607. The monoisotopic (exact) mass is 521 g/mol. The van der Waals surface area contributed by atoms with Gasteiger partial charge in [0.25, 0.3) is 0 Å². The highest BCUT2D eigenvalue weighted by Gasteiger charge is 2.31. The van der Waals surface area contributed by atoms with E-state index >= 15 is 0 Å². The van der Waals surface area contributed by atoms with Crippen molar-refractivity contribution in [2.75, 3.05) is 69.2 Å². The van der Waals surface area contributed by atoms with Crippen LogP contribution in [0.25, 0.3) is 16.2 Å². The molecule has 0 N–H and O–H groups in total. The van der Waals surface area contributed by atoms with Gasteiger partial charge >= 0.3 is 0 Å². The molecule has 198 valence electrons. The van der Waals surface area contributed by atoms with Gasteiger partial charge in [-0.25, -0.2) is 9.50 Å². The van der Waals surface area contributed by atoms with Gasteiger partial charge in [-0.05, 0) is 51.8 Å². The summed E-state index contributed by atoms with van der Waals surface area (Å²) in [7, 11) is 2.13. The third-order valence-electron chi connectivity index (χ3n) is 8.46. The van der Waals surface area contributed by atoms with E-state index in [0.717, 1.165) is 92.2 Å². The molecule has 3 aliphatic rings. The summed E-state index contributed by atoms with van der Waals surface area (Å²) in [5.41, 5.74) is 4.57. The van der Waals surface area contributed by atoms with Crippen LogP contribution in [-0.2, 0) is 4.79 Å². The van der Waals surface area contributed by atoms with Crippen molar-refractivity contribution in [2.45, 2.75) is 45.4 Å². The Labute approximate surface area is 223 Å². The van der Waals surface area contributed by atoms with E-state index in [0.29, 0.717) is 5.91 Å². The number of rotatable bonds is 4. The highest BCUT2D eigenvalue weighted by molar-refractivity contribution is 7.20. The number of nitrogens with zero attached hydrogens (tertiary/aromatic N) is 7. The van der Waals surface area contributed by atoms with E-state index in [9.17, 15) is 4.79 Å². The van der Waals surface area contributed by atoms with Crippen molar-refractivity contribution >= 4 is 33.0 Å². The van der Waals surface area contributed by atoms with Gasteiger partial charge in [0.1, 0.15) is 0 Å². The van der Waals surface area contributed by atoms with E-state index in [1.54, 1.807) is 11.3 Å². The van der Waals surface area contributed by atoms with Crippen LogP contribution < -0.4 is 9.80 Å². The SMILES string of the molecule is Cc1c(-c2ccc(N3CCCCCC3)cc2)nc2sc(N3CCC(C(=O)N4CCN(C)CC4)CC3)nn12. The largest absolute Gasteiger partial charge is 0.372 e. The maximum Gasteiger partial charge on any atom is 0.225 e. The van der Waals surface area contributed by atoms with Gasteiger partial charge in [0.05, 0.1) is 11.4 Å². The number of fused-ring (bicyclic) bond motifs is 1. The quantitative estimate of drug-likeness (QED) is 0.514. The van der Waals surface area contributed by atoms with E-state index in [1.807, 2.05) is 4.52 Å².